The zero-order valence-corrected chi connectivity index (χ0v) is 15.5. The number of ether oxygens (including phenoxy) is 1. The summed E-state index contributed by atoms with van der Waals surface area (Å²) >= 11 is 0. The van der Waals surface area contributed by atoms with Crippen LogP contribution in [0.3, 0.4) is 0 Å². The van der Waals surface area contributed by atoms with Crippen LogP contribution in [0, 0.1) is 0 Å². The smallest absolute Gasteiger partial charge is 0.335 e. The fraction of sp³-hybridized carbons (Fsp3) is 0.217. The standard InChI is InChI=1S/C23H19F2NO3/c24-23(25)14-22(15-23,17-6-4-16(5-7-17)21(27)28)18-8-10-20(11-9-18)29-13-19-3-1-2-12-26-19/h1-12H,13-15H2,(H,27,28). The van der Waals surface area contributed by atoms with Crippen molar-refractivity contribution in [1.82, 2.24) is 4.98 Å². The van der Waals surface area contributed by atoms with Gasteiger partial charge in [-0.2, -0.15) is 0 Å². The number of pyridine rings is 1. The third-order valence-corrected chi connectivity index (χ3v) is 5.33. The molecule has 0 spiro atoms. The van der Waals surface area contributed by atoms with Crippen molar-refractivity contribution in [1.29, 1.82) is 0 Å². The maximum absolute atomic E-state index is 13.9. The lowest BCUT2D eigenvalue weighted by atomic mass is 9.58. The van der Waals surface area contributed by atoms with Crippen LogP contribution in [0.2, 0.25) is 0 Å². The molecule has 0 unspecified atom stereocenters. The van der Waals surface area contributed by atoms with Gasteiger partial charge in [0.25, 0.3) is 5.92 Å². The number of carboxylic acid groups (broad SMARTS) is 1. The lowest BCUT2D eigenvalue weighted by molar-refractivity contribution is -0.113. The second-order valence-corrected chi connectivity index (χ2v) is 7.31. The fourth-order valence-electron chi connectivity index (χ4n) is 3.85. The van der Waals surface area contributed by atoms with Gasteiger partial charge in [0.1, 0.15) is 12.4 Å². The molecule has 0 amide bonds. The van der Waals surface area contributed by atoms with Crippen LogP contribution in [-0.2, 0) is 12.0 Å². The molecule has 1 heterocycles. The molecule has 1 aromatic heterocycles. The van der Waals surface area contributed by atoms with Gasteiger partial charge < -0.3 is 9.84 Å². The highest BCUT2D eigenvalue weighted by Crippen LogP contribution is 2.57. The van der Waals surface area contributed by atoms with Crippen LogP contribution in [-0.4, -0.2) is 22.0 Å². The van der Waals surface area contributed by atoms with Gasteiger partial charge in [0.05, 0.1) is 11.3 Å². The molecule has 4 nitrogen and oxygen atoms in total. The summed E-state index contributed by atoms with van der Waals surface area (Å²) < 4.78 is 33.5. The average Bonchev–Trinajstić information content (AvgIpc) is 2.71. The van der Waals surface area contributed by atoms with E-state index in [9.17, 15) is 13.6 Å². The van der Waals surface area contributed by atoms with E-state index in [0.29, 0.717) is 17.9 Å². The number of hydrogen-bond acceptors (Lipinski definition) is 3. The Labute approximate surface area is 166 Å². The largest absolute Gasteiger partial charge is 0.487 e. The van der Waals surface area contributed by atoms with Crippen LogP contribution < -0.4 is 4.74 Å². The molecule has 148 valence electrons. The number of aromatic nitrogens is 1. The number of aromatic carboxylic acids is 1. The van der Waals surface area contributed by atoms with Crippen LogP contribution in [0.25, 0.3) is 0 Å². The summed E-state index contributed by atoms with van der Waals surface area (Å²) in [6.45, 7) is 0.319. The topological polar surface area (TPSA) is 59.4 Å². The molecule has 3 aromatic rings. The van der Waals surface area contributed by atoms with Gasteiger partial charge in [-0.15, -0.1) is 0 Å². The summed E-state index contributed by atoms with van der Waals surface area (Å²) in [6, 6.07) is 18.9. The van der Waals surface area contributed by atoms with E-state index in [2.05, 4.69) is 4.98 Å². The molecule has 1 aliphatic rings. The molecule has 1 N–H and O–H groups in total. The zero-order chi connectivity index (χ0) is 20.5. The minimum Gasteiger partial charge on any atom is -0.487 e. The van der Waals surface area contributed by atoms with Crippen LogP contribution in [0.4, 0.5) is 8.78 Å². The van der Waals surface area contributed by atoms with Crippen molar-refractivity contribution >= 4 is 5.97 Å². The zero-order valence-electron chi connectivity index (χ0n) is 15.5. The van der Waals surface area contributed by atoms with Crippen molar-refractivity contribution in [3.63, 3.8) is 0 Å². The highest BCUT2D eigenvalue weighted by atomic mass is 19.3. The van der Waals surface area contributed by atoms with E-state index < -0.39 is 17.3 Å². The molecule has 0 bridgehead atoms. The summed E-state index contributed by atoms with van der Waals surface area (Å²) in [5.74, 6) is -3.15. The number of alkyl halides is 2. The van der Waals surface area contributed by atoms with Gasteiger partial charge in [-0.25, -0.2) is 13.6 Å². The predicted molar refractivity (Wildman–Crippen MR) is 103 cm³/mol. The van der Waals surface area contributed by atoms with Crippen molar-refractivity contribution in [2.24, 2.45) is 0 Å². The van der Waals surface area contributed by atoms with Crippen LogP contribution in [0.5, 0.6) is 5.75 Å². The molecule has 1 saturated carbocycles. The van der Waals surface area contributed by atoms with Crippen molar-refractivity contribution in [3.05, 3.63) is 95.3 Å². The molecular formula is C23H19F2NO3. The van der Waals surface area contributed by atoms with E-state index in [1.165, 1.54) is 12.1 Å². The molecule has 0 saturated heterocycles. The Morgan fingerprint density at radius 1 is 0.966 bits per heavy atom. The third-order valence-electron chi connectivity index (χ3n) is 5.33. The van der Waals surface area contributed by atoms with Crippen LogP contribution in [0.1, 0.15) is 40.0 Å². The van der Waals surface area contributed by atoms with Crippen molar-refractivity contribution in [2.45, 2.75) is 30.8 Å². The Bertz CT molecular complexity index is 995. The Morgan fingerprint density at radius 3 is 2.10 bits per heavy atom. The van der Waals surface area contributed by atoms with Gasteiger partial charge in [-0.3, -0.25) is 4.98 Å². The van der Waals surface area contributed by atoms with Crippen molar-refractivity contribution < 1.29 is 23.4 Å². The molecule has 29 heavy (non-hydrogen) atoms. The predicted octanol–water partition coefficient (Wildman–Crippen LogP) is 5.07. The van der Waals surface area contributed by atoms with E-state index in [1.807, 2.05) is 18.2 Å². The van der Waals surface area contributed by atoms with Gasteiger partial charge in [-0.1, -0.05) is 30.3 Å². The van der Waals surface area contributed by atoms with E-state index in [1.54, 1.807) is 42.6 Å². The lowest BCUT2D eigenvalue weighted by Crippen LogP contribution is -2.50. The van der Waals surface area contributed by atoms with Gasteiger partial charge in [0.15, 0.2) is 0 Å². The molecule has 1 aliphatic carbocycles. The molecule has 2 aromatic carbocycles. The van der Waals surface area contributed by atoms with Gasteiger partial charge in [0.2, 0.25) is 0 Å². The van der Waals surface area contributed by atoms with Gasteiger partial charge >= 0.3 is 5.97 Å². The van der Waals surface area contributed by atoms with Gasteiger partial charge in [0, 0.05) is 24.5 Å². The maximum atomic E-state index is 13.9. The molecule has 4 rings (SSSR count). The Balaban J connectivity index is 1.56. The first-order chi connectivity index (χ1) is 13.9. The molecule has 6 heteroatoms. The number of halogens is 2. The monoisotopic (exact) mass is 395 g/mol. The van der Waals surface area contributed by atoms with Crippen molar-refractivity contribution in [2.75, 3.05) is 0 Å². The quantitative estimate of drug-likeness (QED) is 0.633. The van der Waals surface area contributed by atoms with E-state index in [0.717, 1.165) is 11.3 Å². The summed E-state index contributed by atoms with van der Waals surface area (Å²) in [6.07, 6.45) is 1.08. The van der Waals surface area contributed by atoms with E-state index >= 15 is 0 Å². The van der Waals surface area contributed by atoms with E-state index in [4.69, 9.17) is 9.84 Å². The first-order valence-electron chi connectivity index (χ1n) is 9.23. The number of hydrogen-bond donors (Lipinski definition) is 1. The average molecular weight is 395 g/mol. The van der Waals surface area contributed by atoms with Crippen LogP contribution in [0.15, 0.2) is 72.9 Å². The lowest BCUT2D eigenvalue weighted by Gasteiger charge is -2.48. The van der Waals surface area contributed by atoms with Crippen molar-refractivity contribution in [3.8, 4) is 5.75 Å². The highest BCUT2D eigenvalue weighted by Gasteiger charge is 2.58. The number of rotatable bonds is 6. The number of benzene rings is 2. The normalized spacial score (nSPS) is 16.6. The first kappa shape index (κ1) is 19.1. The fourth-order valence-corrected chi connectivity index (χ4v) is 3.85. The molecular weight excluding hydrogens is 376 g/mol. The molecule has 1 fully saturated rings. The Kier molecular flexibility index (Phi) is 4.78. The minimum atomic E-state index is -2.74. The molecule has 0 aliphatic heterocycles. The maximum Gasteiger partial charge on any atom is 0.335 e. The minimum absolute atomic E-state index is 0.133. The highest BCUT2D eigenvalue weighted by molar-refractivity contribution is 5.87. The molecule has 0 atom stereocenters. The molecule has 0 radical (unpaired) electrons. The first-order valence-corrected chi connectivity index (χ1v) is 9.23. The Hall–Kier alpha value is -3.28. The third kappa shape index (κ3) is 3.83. The summed E-state index contributed by atoms with van der Waals surface area (Å²) in [5.41, 5.74) is 1.55. The van der Waals surface area contributed by atoms with E-state index in [-0.39, 0.29) is 18.4 Å². The second-order valence-electron chi connectivity index (χ2n) is 7.31. The summed E-state index contributed by atoms with van der Waals surface area (Å²) in [7, 11) is 0. The number of nitrogens with zero attached hydrogens (tertiary/aromatic N) is 1. The SMILES string of the molecule is O=C(O)c1ccc(C2(c3ccc(OCc4ccccn4)cc3)CC(F)(F)C2)cc1. The van der Waals surface area contributed by atoms with Crippen LogP contribution >= 0.6 is 0 Å². The Morgan fingerprint density at radius 2 is 1.59 bits per heavy atom. The number of carbonyl (C=O) groups is 1. The summed E-state index contributed by atoms with van der Waals surface area (Å²) in [5, 5.41) is 9.07. The second kappa shape index (κ2) is 7.28. The van der Waals surface area contributed by atoms with Gasteiger partial charge in [-0.05, 0) is 47.5 Å². The summed E-state index contributed by atoms with van der Waals surface area (Å²) in [4.78, 5) is 15.3. The number of carboxylic acids is 1.